The van der Waals surface area contributed by atoms with E-state index in [-0.39, 0.29) is 5.91 Å². The van der Waals surface area contributed by atoms with Gasteiger partial charge in [0.1, 0.15) is 10.7 Å². The van der Waals surface area contributed by atoms with Crippen molar-refractivity contribution in [1.29, 1.82) is 0 Å². The molecule has 6 heteroatoms. The Bertz CT molecular complexity index is 1090. The lowest BCUT2D eigenvalue weighted by molar-refractivity contribution is 0.0527. The first-order valence-corrected chi connectivity index (χ1v) is 10.9. The number of hydrogen-bond acceptors (Lipinski definition) is 4. The lowest BCUT2D eigenvalue weighted by Gasteiger charge is -2.10. The van der Waals surface area contributed by atoms with E-state index in [4.69, 9.17) is 4.74 Å². The number of aryl methyl sites for hydroxylation is 4. The van der Waals surface area contributed by atoms with Crippen LogP contribution in [0, 0.1) is 20.8 Å². The Labute approximate surface area is 175 Å². The van der Waals surface area contributed by atoms with Gasteiger partial charge in [0.15, 0.2) is 0 Å². The third-order valence-corrected chi connectivity index (χ3v) is 6.54. The number of carbonyl (C=O) groups is 2. The summed E-state index contributed by atoms with van der Waals surface area (Å²) in [5.41, 5.74) is 5.19. The van der Waals surface area contributed by atoms with Crippen LogP contribution >= 0.6 is 11.3 Å². The number of carbonyl (C=O) groups excluding carboxylic acids is 2. The highest BCUT2D eigenvalue weighted by Gasteiger charge is 2.25. The third-order valence-electron chi connectivity index (χ3n) is 5.41. The monoisotopic (exact) mass is 412 g/mol. The van der Waals surface area contributed by atoms with Crippen molar-refractivity contribution in [2.45, 2.75) is 54.5 Å². The van der Waals surface area contributed by atoms with Crippen molar-refractivity contribution in [2.24, 2.45) is 0 Å². The number of anilines is 1. The molecule has 1 N–H and O–H groups in total. The van der Waals surface area contributed by atoms with Gasteiger partial charge in [-0.25, -0.2) is 4.79 Å². The Balaban J connectivity index is 2.07. The number of nitrogens with zero attached hydrogens (tertiary/aromatic N) is 1. The fraction of sp³-hybridized carbons (Fsp3) is 0.391. The highest BCUT2D eigenvalue weighted by Crippen LogP contribution is 2.34. The van der Waals surface area contributed by atoms with Crippen molar-refractivity contribution < 1.29 is 14.3 Å². The van der Waals surface area contributed by atoms with Gasteiger partial charge >= 0.3 is 5.97 Å². The van der Waals surface area contributed by atoms with Gasteiger partial charge in [-0.2, -0.15) is 0 Å². The van der Waals surface area contributed by atoms with Gasteiger partial charge in [-0.05, 0) is 69.9 Å². The van der Waals surface area contributed by atoms with Crippen LogP contribution in [0.3, 0.4) is 0 Å². The van der Waals surface area contributed by atoms with Crippen LogP contribution in [0.25, 0.3) is 10.9 Å². The largest absolute Gasteiger partial charge is 0.462 e. The Hall–Kier alpha value is -2.60. The first-order chi connectivity index (χ1) is 13.8. The van der Waals surface area contributed by atoms with Crippen LogP contribution in [0.15, 0.2) is 18.2 Å². The van der Waals surface area contributed by atoms with Crippen molar-refractivity contribution in [3.63, 3.8) is 0 Å². The molecule has 0 bridgehead atoms. The zero-order valence-corrected chi connectivity index (χ0v) is 18.8. The maximum atomic E-state index is 13.3. The van der Waals surface area contributed by atoms with E-state index in [0.717, 1.165) is 33.3 Å². The number of nitrogens with one attached hydrogen (secondary N) is 1. The topological polar surface area (TPSA) is 60.3 Å². The Kier molecular flexibility index (Phi) is 6.13. The van der Waals surface area contributed by atoms with E-state index in [1.165, 1.54) is 16.9 Å². The molecule has 0 aliphatic heterocycles. The molecule has 0 aliphatic carbocycles. The molecular weight excluding hydrogens is 384 g/mol. The fourth-order valence-electron chi connectivity index (χ4n) is 3.74. The first-order valence-electron chi connectivity index (χ1n) is 10.0. The molecule has 154 valence electrons. The third kappa shape index (κ3) is 3.69. The summed E-state index contributed by atoms with van der Waals surface area (Å²) < 4.78 is 7.24. The minimum Gasteiger partial charge on any atom is -0.462 e. The second-order valence-corrected chi connectivity index (χ2v) is 8.31. The van der Waals surface area contributed by atoms with E-state index < -0.39 is 5.97 Å². The summed E-state index contributed by atoms with van der Waals surface area (Å²) in [7, 11) is 0. The second-order valence-electron chi connectivity index (χ2n) is 7.08. The summed E-state index contributed by atoms with van der Waals surface area (Å²) in [5.74, 6) is -0.601. The van der Waals surface area contributed by atoms with Crippen LogP contribution in [0.2, 0.25) is 0 Å². The number of rotatable bonds is 6. The van der Waals surface area contributed by atoms with Crippen LogP contribution in [-0.2, 0) is 17.7 Å². The van der Waals surface area contributed by atoms with Crippen LogP contribution < -0.4 is 5.32 Å². The number of amides is 1. The zero-order valence-electron chi connectivity index (χ0n) is 17.9. The molecule has 29 heavy (non-hydrogen) atoms. The van der Waals surface area contributed by atoms with Gasteiger partial charge in [0.25, 0.3) is 5.91 Å². The number of ether oxygens (including phenoxy) is 1. The number of hydrogen-bond donors (Lipinski definition) is 1. The summed E-state index contributed by atoms with van der Waals surface area (Å²) >= 11 is 1.41. The number of fused-ring (bicyclic) bond motifs is 1. The lowest BCUT2D eigenvalue weighted by atomic mass is 10.1. The van der Waals surface area contributed by atoms with Gasteiger partial charge in [0, 0.05) is 22.3 Å². The van der Waals surface area contributed by atoms with E-state index in [1.807, 2.05) is 32.3 Å². The number of esters is 1. The Morgan fingerprint density at radius 1 is 1.10 bits per heavy atom. The van der Waals surface area contributed by atoms with Gasteiger partial charge in [-0.3, -0.25) is 4.79 Å². The number of benzene rings is 1. The summed E-state index contributed by atoms with van der Waals surface area (Å²) in [6, 6.07) is 6.36. The highest BCUT2D eigenvalue weighted by atomic mass is 32.1. The van der Waals surface area contributed by atoms with E-state index in [0.29, 0.717) is 29.4 Å². The maximum Gasteiger partial charge on any atom is 0.341 e. The second kappa shape index (κ2) is 8.41. The van der Waals surface area contributed by atoms with Crippen LogP contribution in [-0.4, -0.2) is 23.1 Å². The smallest absolute Gasteiger partial charge is 0.341 e. The standard InChI is InChI=1S/C23H28N2O3S/c1-7-16-10-11-18-17(12-16)14(5)20(25(18)8-2)21(26)24-22-19(23(27)28-9-3)13(4)15(6)29-22/h10-12H,7-9H2,1-6H3,(H,24,26). The molecule has 2 heterocycles. The normalized spacial score (nSPS) is 11.1. The van der Waals surface area contributed by atoms with Crippen molar-refractivity contribution in [1.82, 2.24) is 4.57 Å². The molecule has 0 atom stereocenters. The van der Waals surface area contributed by atoms with Crippen molar-refractivity contribution in [3.05, 3.63) is 51.0 Å². The van der Waals surface area contributed by atoms with Crippen LogP contribution in [0.5, 0.6) is 0 Å². The Morgan fingerprint density at radius 2 is 1.83 bits per heavy atom. The highest BCUT2D eigenvalue weighted by molar-refractivity contribution is 7.16. The molecule has 3 rings (SSSR count). The van der Waals surface area contributed by atoms with Gasteiger partial charge in [-0.15, -0.1) is 11.3 Å². The summed E-state index contributed by atoms with van der Waals surface area (Å²) in [6.45, 7) is 12.7. The van der Waals surface area contributed by atoms with E-state index in [9.17, 15) is 9.59 Å². The predicted molar refractivity (Wildman–Crippen MR) is 119 cm³/mol. The van der Waals surface area contributed by atoms with E-state index in [2.05, 4.69) is 30.4 Å². The molecule has 1 amide bonds. The van der Waals surface area contributed by atoms with Gasteiger partial charge in [-0.1, -0.05) is 13.0 Å². The molecule has 3 aromatic rings. The molecule has 1 aromatic carbocycles. The minimum atomic E-state index is -0.398. The molecule has 0 unspecified atom stereocenters. The minimum absolute atomic E-state index is 0.203. The summed E-state index contributed by atoms with van der Waals surface area (Å²) in [6.07, 6.45) is 0.949. The number of thiophene rings is 1. The average Bonchev–Trinajstić information content (AvgIpc) is 3.14. The van der Waals surface area contributed by atoms with Crippen LogP contribution in [0.4, 0.5) is 5.00 Å². The zero-order chi connectivity index (χ0) is 21.3. The number of aromatic nitrogens is 1. The molecule has 0 radical (unpaired) electrons. The molecular formula is C23H28N2O3S. The quantitative estimate of drug-likeness (QED) is 0.533. The van der Waals surface area contributed by atoms with Crippen molar-refractivity contribution in [3.8, 4) is 0 Å². The molecule has 0 saturated carbocycles. The lowest BCUT2D eigenvalue weighted by Crippen LogP contribution is -2.19. The van der Waals surface area contributed by atoms with Crippen LogP contribution in [0.1, 0.15) is 63.2 Å². The molecule has 0 saturated heterocycles. The summed E-state index contributed by atoms with van der Waals surface area (Å²) in [5, 5.41) is 4.63. The molecule has 0 spiro atoms. The van der Waals surface area contributed by atoms with Gasteiger partial charge < -0.3 is 14.6 Å². The van der Waals surface area contributed by atoms with Gasteiger partial charge in [0.05, 0.1) is 12.2 Å². The molecule has 0 fully saturated rings. The molecule has 0 aliphatic rings. The van der Waals surface area contributed by atoms with E-state index >= 15 is 0 Å². The molecule has 2 aromatic heterocycles. The average molecular weight is 413 g/mol. The fourth-order valence-corrected chi connectivity index (χ4v) is 4.78. The maximum absolute atomic E-state index is 13.3. The molecule has 5 nitrogen and oxygen atoms in total. The first kappa shape index (κ1) is 21.1. The predicted octanol–water partition coefficient (Wildman–Crippen LogP) is 5.64. The summed E-state index contributed by atoms with van der Waals surface area (Å²) in [4.78, 5) is 26.8. The van der Waals surface area contributed by atoms with Crippen molar-refractivity contribution >= 4 is 39.1 Å². The Morgan fingerprint density at radius 3 is 2.45 bits per heavy atom. The van der Waals surface area contributed by atoms with Gasteiger partial charge in [0.2, 0.25) is 0 Å². The van der Waals surface area contributed by atoms with E-state index in [1.54, 1.807) is 6.92 Å². The van der Waals surface area contributed by atoms with Crippen molar-refractivity contribution in [2.75, 3.05) is 11.9 Å². The SMILES string of the molecule is CCOC(=O)c1c(NC(=O)c2c(C)c3cc(CC)ccc3n2CC)sc(C)c1C.